The molecule has 0 aliphatic carbocycles. The number of nitro groups is 1. The summed E-state index contributed by atoms with van der Waals surface area (Å²) in [6.07, 6.45) is 0. The normalized spacial score (nSPS) is 12.6. The monoisotopic (exact) mass is 719 g/mol. The van der Waals surface area contributed by atoms with Crippen molar-refractivity contribution in [3.63, 3.8) is 0 Å². The number of hydrogen-bond acceptors (Lipinski definition) is 12. The molecule has 2 aliphatic rings. The van der Waals surface area contributed by atoms with E-state index in [1.54, 1.807) is 72.8 Å². The largest absolute Gasteiger partial charge is 0.324 e. The van der Waals surface area contributed by atoms with E-state index in [9.17, 15) is 36.1 Å². The summed E-state index contributed by atoms with van der Waals surface area (Å²) in [5.74, 6) is 0.104. The minimum absolute atomic E-state index is 0.0122. The zero-order chi connectivity index (χ0) is 35.4. The van der Waals surface area contributed by atoms with Crippen LogP contribution >= 0.6 is 0 Å². The Hall–Kier alpha value is -6.54. The van der Waals surface area contributed by atoms with Crippen LogP contribution in [0.15, 0.2) is 94.7 Å². The van der Waals surface area contributed by atoms with Gasteiger partial charge in [0.2, 0.25) is 11.3 Å². The molecule has 3 aromatic heterocycles. The zero-order valence-corrected chi connectivity index (χ0v) is 27.0. The summed E-state index contributed by atoms with van der Waals surface area (Å²) in [6.45, 7) is 0. The summed E-state index contributed by atoms with van der Waals surface area (Å²) in [6, 6.07) is 22.3. The summed E-state index contributed by atoms with van der Waals surface area (Å²) >= 11 is 0. The first kappa shape index (κ1) is 30.5. The van der Waals surface area contributed by atoms with Crippen molar-refractivity contribution >= 4 is 64.4 Å². The van der Waals surface area contributed by atoms with Crippen molar-refractivity contribution < 1.29 is 31.0 Å². The average molecular weight is 720 g/mol. The first-order valence-electron chi connectivity index (χ1n) is 14.8. The van der Waals surface area contributed by atoms with Crippen LogP contribution in [0.3, 0.4) is 0 Å². The molecule has 2 aliphatic heterocycles. The highest BCUT2D eigenvalue weighted by atomic mass is 32.2. The fourth-order valence-electron chi connectivity index (χ4n) is 6.38. The molecule has 0 saturated carbocycles. The molecule has 51 heavy (non-hydrogen) atoms. The minimum Gasteiger partial charge on any atom is -0.324 e. The Labute approximate surface area is 284 Å². The molecule has 8 bridgehead atoms. The molecule has 0 radical (unpaired) electrons. The van der Waals surface area contributed by atoms with E-state index in [1.807, 2.05) is 0 Å². The molecule has 4 aromatic carbocycles. The second-order valence-electron chi connectivity index (χ2n) is 11.4. The Balaban J connectivity index is 1.58. The third-order valence-electron chi connectivity index (χ3n) is 8.46. The number of rotatable bonds is 3. The fourth-order valence-corrected chi connectivity index (χ4v) is 8.38. The predicted molar refractivity (Wildman–Crippen MR) is 182 cm³/mol. The van der Waals surface area contributed by atoms with E-state index in [4.69, 9.17) is 4.98 Å². The number of aromatic nitrogens is 8. The van der Waals surface area contributed by atoms with Gasteiger partial charge in [-0.2, -0.15) is 16.8 Å². The molecule has 250 valence electrons. The van der Waals surface area contributed by atoms with Gasteiger partial charge in [-0.05, 0) is 16.8 Å². The molecule has 0 unspecified atom stereocenters. The molecule has 17 nitrogen and oxygen atoms in total. The van der Waals surface area contributed by atoms with Crippen LogP contribution < -0.4 is 0 Å². The second-order valence-corrected chi connectivity index (χ2v) is 14.1. The van der Waals surface area contributed by atoms with Gasteiger partial charge in [-0.15, -0.1) is 0 Å². The smallest absolute Gasteiger partial charge is 0.296 e. The predicted octanol–water partition coefficient (Wildman–Crippen LogP) is 4.88. The topological polar surface area (TPSA) is 250 Å². The number of aromatic amines is 1. The van der Waals surface area contributed by atoms with Crippen molar-refractivity contribution in [2.45, 2.75) is 9.79 Å². The van der Waals surface area contributed by atoms with E-state index in [1.165, 1.54) is 6.07 Å². The quantitative estimate of drug-likeness (QED) is 0.125. The number of fused-ring (bicyclic) bond motifs is 20. The second kappa shape index (κ2) is 10.5. The van der Waals surface area contributed by atoms with Crippen LogP contribution in [0.5, 0.6) is 0 Å². The Bertz CT molecular complexity index is 3140. The van der Waals surface area contributed by atoms with Crippen molar-refractivity contribution in [3.8, 4) is 45.6 Å². The highest BCUT2D eigenvalue weighted by molar-refractivity contribution is 7.89. The van der Waals surface area contributed by atoms with Gasteiger partial charge in [-0.3, -0.25) is 9.11 Å². The molecule has 3 N–H and O–H groups in total. The summed E-state index contributed by atoms with van der Waals surface area (Å²) in [5, 5.41) is 12.5. The van der Waals surface area contributed by atoms with Crippen molar-refractivity contribution in [2.75, 3.05) is 0 Å². The number of nitrogens with one attached hydrogen (secondary N) is 1. The lowest BCUT2D eigenvalue weighted by Gasteiger charge is -2.06. The molecule has 9 rings (SSSR count). The van der Waals surface area contributed by atoms with Crippen LogP contribution in [0, 0.1) is 10.1 Å². The van der Waals surface area contributed by atoms with Gasteiger partial charge in [0.05, 0.1) is 5.39 Å². The zero-order valence-electron chi connectivity index (χ0n) is 25.3. The minimum atomic E-state index is -5.34. The average Bonchev–Trinajstić information content (AvgIpc) is 3.81. The third kappa shape index (κ3) is 4.60. The molecule has 0 fully saturated rings. The molecule has 19 heteroatoms. The van der Waals surface area contributed by atoms with Crippen molar-refractivity contribution in [1.82, 2.24) is 39.6 Å². The first-order valence-corrected chi connectivity index (χ1v) is 17.7. The Kier molecular flexibility index (Phi) is 6.27. The third-order valence-corrected chi connectivity index (χ3v) is 10.4. The highest BCUT2D eigenvalue weighted by Gasteiger charge is 2.31. The van der Waals surface area contributed by atoms with E-state index in [0.717, 1.165) is 10.7 Å². The summed E-state index contributed by atoms with van der Waals surface area (Å²) in [7, 11) is -10.5. The fraction of sp³-hybridized carbons (Fsp3) is 0. The Morgan fingerprint density at radius 2 is 1.02 bits per heavy atom. The summed E-state index contributed by atoms with van der Waals surface area (Å²) in [5.41, 5.74) is 1.22. The number of H-pyrrole nitrogens is 1. The van der Waals surface area contributed by atoms with E-state index in [2.05, 4.69) is 29.9 Å². The van der Waals surface area contributed by atoms with Gasteiger partial charge in [-0.25, -0.2) is 40.0 Å². The maximum absolute atomic E-state index is 12.8. The lowest BCUT2D eigenvalue weighted by Crippen LogP contribution is -2.09. The Morgan fingerprint density at radius 3 is 1.47 bits per heavy atom. The summed E-state index contributed by atoms with van der Waals surface area (Å²) < 4.78 is 71.6. The van der Waals surface area contributed by atoms with E-state index < -0.39 is 40.4 Å². The van der Waals surface area contributed by atoms with E-state index >= 15 is 0 Å². The summed E-state index contributed by atoms with van der Waals surface area (Å²) in [4.78, 5) is 41.2. The van der Waals surface area contributed by atoms with Crippen molar-refractivity contribution in [3.05, 3.63) is 95.0 Å². The molecular weight excluding hydrogens is 703 g/mol. The standard InChI is InChI=1S/C32H17N9O8S2/c42-41(43)40-31-19-11-5-6-12-20(19)32(40)39-28-18-10-4-2-8-16(18)26(34-28)36-30-23-21(13-14-22(50(44,45)46)24(23)51(47,48)49)29(37-30)35-25-15-7-1-3-9-17(15)27(33-25)38-31/h1-14H,(H,44,45,46)(H,47,48,49)(H,33,34,35,36,37,38,39). The van der Waals surface area contributed by atoms with Gasteiger partial charge in [0, 0.05) is 38.4 Å². The number of benzene rings is 4. The Morgan fingerprint density at radius 1 is 0.569 bits per heavy atom. The van der Waals surface area contributed by atoms with Crippen LogP contribution in [0.25, 0.3) is 89.7 Å². The number of hydrogen-bond donors (Lipinski definition) is 3. The number of nitrogens with zero attached hydrogens (tertiary/aromatic N) is 8. The van der Waals surface area contributed by atoms with Gasteiger partial charge >= 0.3 is 0 Å². The van der Waals surface area contributed by atoms with Crippen LogP contribution in [0.1, 0.15) is 0 Å². The lowest BCUT2D eigenvalue weighted by atomic mass is 10.1. The van der Waals surface area contributed by atoms with Gasteiger partial charge in [0.1, 0.15) is 21.1 Å². The van der Waals surface area contributed by atoms with Gasteiger partial charge in [0.25, 0.3) is 20.2 Å². The molecule has 0 amide bonds. The molecule has 7 aromatic rings. The first-order chi connectivity index (χ1) is 24.4. The van der Waals surface area contributed by atoms with Crippen LogP contribution in [0.2, 0.25) is 0 Å². The molecule has 0 atom stereocenters. The van der Waals surface area contributed by atoms with Gasteiger partial charge in [0.15, 0.2) is 28.3 Å². The van der Waals surface area contributed by atoms with E-state index in [0.29, 0.717) is 33.0 Å². The maximum Gasteiger partial charge on any atom is 0.296 e. The maximum atomic E-state index is 12.8. The molecule has 0 saturated heterocycles. The van der Waals surface area contributed by atoms with Crippen molar-refractivity contribution in [1.29, 1.82) is 0 Å². The van der Waals surface area contributed by atoms with Gasteiger partial charge in [-0.1, -0.05) is 72.8 Å². The van der Waals surface area contributed by atoms with Gasteiger partial charge < -0.3 is 4.98 Å². The molecule has 0 spiro atoms. The van der Waals surface area contributed by atoms with Crippen LogP contribution in [-0.4, -0.2) is 70.5 Å². The van der Waals surface area contributed by atoms with Crippen LogP contribution in [-0.2, 0) is 20.2 Å². The van der Waals surface area contributed by atoms with Crippen LogP contribution in [0.4, 0.5) is 0 Å². The highest BCUT2D eigenvalue weighted by Crippen LogP contribution is 2.39. The molecular formula is C32H17N9O8S2. The lowest BCUT2D eigenvalue weighted by molar-refractivity contribution is -0.534. The van der Waals surface area contributed by atoms with E-state index in [-0.39, 0.29) is 51.3 Å². The van der Waals surface area contributed by atoms with Crippen molar-refractivity contribution in [2.24, 2.45) is 0 Å². The SMILES string of the molecule is O=[N+]([O-])n1c2nc3nc(nc4[nH]c(nc5nc(nc1c1ccccc12)-c1ccccc1-5)c1c(S(=O)(=O)O)c(S(=O)(=O)O)ccc41)-c1ccccc1-3. The molecule has 5 heterocycles.